The second kappa shape index (κ2) is 10.8. The summed E-state index contributed by atoms with van der Waals surface area (Å²) in [5.74, 6) is 0.799. The number of ether oxygens (including phenoxy) is 3. The molecular formula is C25H40O5Si. The lowest BCUT2D eigenvalue weighted by atomic mass is 9.96. The molecule has 0 unspecified atom stereocenters. The van der Waals surface area contributed by atoms with Crippen molar-refractivity contribution in [1.29, 1.82) is 0 Å². The molecule has 1 heterocycles. The van der Waals surface area contributed by atoms with Crippen molar-refractivity contribution in [2.45, 2.75) is 78.0 Å². The van der Waals surface area contributed by atoms with Gasteiger partial charge in [0.25, 0.3) is 0 Å². The Morgan fingerprint density at radius 3 is 2.39 bits per heavy atom. The van der Waals surface area contributed by atoms with Crippen LogP contribution in [0.25, 0.3) is 0 Å². The molecule has 31 heavy (non-hydrogen) atoms. The van der Waals surface area contributed by atoms with Gasteiger partial charge in [-0.3, -0.25) is 4.79 Å². The molecule has 0 amide bonds. The SMILES string of the molecule is COc1ccc(CO[C@@H]2CC(=O)O[C@H]([C@H](C)CO[Si](C)(C)C(C)(C)C)/C=C\[C@@H]2C)cc1. The lowest BCUT2D eigenvalue weighted by molar-refractivity contribution is -0.154. The molecule has 0 saturated heterocycles. The minimum absolute atomic E-state index is 0.0956. The maximum Gasteiger partial charge on any atom is 0.309 e. The van der Waals surface area contributed by atoms with Crippen LogP contribution in [0.4, 0.5) is 0 Å². The van der Waals surface area contributed by atoms with E-state index in [4.69, 9.17) is 18.6 Å². The van der Waals surface area contributed by atoms with Crippen molar-refractivity contribution in [3.05, 3.63) is 42.0 Å². The van der Waals surface area contributed by atoms with E-state index in [-0.39, 0.29) is 41.5 Å². The normalized spacial score (nSPS) is 24.6. The average molecular weight is 449 g/mol. The van der Waals surface area contributed by atoms with Crippen LogP contribution in [0, 0.1) is 11.8 Å². The summed E-state index contributed by atoms with van der Waals surface area (Å²) < 4.78 is 23.4. The second-order valence-electron chi connectivity index (χ2n) is 10.1. The summed E-state index contributed by atoms with van der Waals surface area (Å²) in [4.78, 5) is 12.6. The van der Waals surface area contributed by atoms with Gasteiger partial charge in [-0.05, 0) is 41.9 Å². The standard InChI is InChI=1S/C25H40O5Si/c1-18-9-14-22(19(2)16-29-31(7,8)25(3,4)5)30-24(26)15-23(18)28-17-20-10-12-21(27-6)13-11-20/h9-14,18-19,22-23H,15-17H2,1-8H3/b14-9-/t18-,19+,22-,23+/m0/s1. The van der Waals surface area contributed by atoms with Gasteiger partial charge in [-0.1, -0.05) is 52.8 Å². The Balaban J connectivity index is 1.95. The average Bonchev–Trinajstić information content (AvgIpc) is 2.70. The predicted octanol–water partition coefficient (Wildman–Crippen LogP) is 5.75. The van der Waals surface area contributed by atoms with Crippen molar-refractivity contribution in [2.24, 2.45) is 11.8 Å². The Labute approximate surface area is 189 Å². The Hall–Kier alpha value is -1.63. The smallest absolute Gasteiger partial charge is 0.309 e. The predicted molar refractivity (Wildman–Crippen MR) is 127 cm³/mol. The number of carbonyl (C=O) groups excluding carboxylic acids is 1. The van der Waals surface area contributed by atoms with E-state index in [1.54, 1.807) is 7.11 Å². The molecule has 0 saturated carbocycles. The first-order valence-corrected chi connectivity index (χ1v) is 14.1. The summed E-state index contributed by atoms with van der Waals surface area (Å²) in [6, 6.07) is 7.76. The highest BCUT2D eigenvalue weighted by atomic mass is 28.4. The van der Waals surface area contributed by atoms with E-state index in [2.05, 4.69) is 53.8 Å². The van der Waals surface area contributed by atoms with E-state index in [1.807, 2.05) is 30.3 Å². The first-order valence-electron chi connectivity index (χ1n) is 11.2. The third-order valence-electron chi connectivity index (χ3n) is 6.52. The summed E-state index contributed by atoms with van der Waals surface area (Å²) in [5.41, 5.74) is 1.04. The fraction of sp³-hybridized carbons (Fsp3) is 0.640. The van der Waals surface area contributed by atoms with Crippen LogP contribution in [-0.2, 0) is 25.3 Å². The van der Waals surface area contributed by atoms with Gasteiger partial charge in [-0.25, -0.2) is 0 Å². The molecule has 0 spiro atoms. The number of rotatable bonds is 8. The highest BCUT2D eigenvalue weighted by molar-refractivity contribution is 6.74. The number of carbonyl (C=O) groups is 1. The molecule has 0 aromatic heterocycles. The van der Waals surface area contributed by atoms with E-state index in [0.29, 0.717) is 13.2 Å². The second-order valence-corrected chi connectivity index (χ2v) is 15.0. The van der Waals surface area contributed by atoms with Crippen LogP contribution in [0.15, 0.2) is 36.4 Å². The van der Waals surface area contributed by atoms with E-state index >= 15 is 0 Å². The number of benzene rings is 1. The molecule has 1 aromatic rings. The van der Waals surface area contributed by atoms with Crippen molar-refractivity contribution >= 4 is 14.3 Å². The Kier molecular flexibility index (Phi) is 8.92. The lowest BCUT2D eigenvalue weighted by Crippen LogP contribution is -2.43. The Morgan fingerprint density at radius 2 is 1.81 bits per heavy atom. The molecule has 1 aromatic carbocycles. The van der Waals surface area contributed by atoms with Gasteiger partial charge in [0.1, 0.15) is 11.9 Å². The number of cyclic esters (lactones) is 1. The van der Waals surface area contributed by atoms with Gasteiger partial charge >= 0.3 is 5.97 Å². The first kappa shape index (κ1) is 25.6. The summed E-state index contributed by atoms with van der Waals surface area (Å²) in [5, 5.41) is 0.156. The van der Waals surface area contributed by atoms with Gasteiger partial charge in [0.05, 0.1) is 26.2 Å². The van der Waals surface area contributed by atoms with Gasteiger partial charge in [-0.15, -0.1) is 0 Å². The quantitative estimate of drug-likeness (QED) is 0.288. The molecule has 0 aliphatic carbocycles. The van der Waals surface area contributed by atoms with Crippen LogP contribution in [-0.4, -0.2) is 40.2 Å². The Morgan fingerprint density at radius 1 is 1.16 bits per heavy atom. The molecule has 1 aliphatic rings. The summed E-state index contributed by atoms with van der Waals surface area (Å²) in [6.45, 7) is 16.4. The topological polar surface area (TPSA) is 54.0 Å². The van der Waals surface area contributed by atoms with Crippen molar-refractivity contribution in [1.82, 2.24) is 0 Å². The van der Waals surface area contributed by atoms with Gasteiger partial charge < -0.3 is 18.6 Å². The highest BCUT2D eigenvalue weighted by Crippen LogP contribution is 2.37. The summed E-state index contributed by atoms with van der Waals surface area (Å²) >= 11 is 0. The maximum atomic E-state index is 12.6. The molecule has 6 heteroatoms. The number of methoxy groups -OCH3 is 1. The number of hydrogen-bond donors (Lipinski definition) is 0. The van der Waals surface area contributed by atoms with E-state index in [1.165, 1.54) is 0 Å². The first-order chi connectivity index (χ1) is 14.4. The summed E-state index contributed by atoms with van der Waals surface area (Å²) in [6.07, 6.45) is 3.87. The minimum atomic E-state index is -1.84. The van der Waals surface area contributed by atoms with Gasteiger partial charge in [0.2, 0.25) is 0 Å². The van der Waals surface area contributed by atoms with Crippen LogP contribution in [0.2, 0.25) is 18.1 Å². The number of hydrogen-bond acceptors (Lipinski definition) is 5. The van der Waals surface area contributed by atoms with Gasteiger partial charge in [-0.2, -0.15) is 0 Å². The third-order valence-corrected chi connectivity index (χ3v) is 11.0. The largest absolute Gasteiger partial charge is 0.497 e. The van der Waals surface area contributed by atoms with Crippen molar-refractivity contribution in [3.8, 4) is 5.75 Å². The molecule has 1 aliphatic heterocycles. The van der Waals surface area contributed by atoms with Crippen LogP contribution < -0.4 is 4.74 Å². The zero-order valence-electron chi connectivity index (χ0n) is 20.4. The van der Waals surface area contributed by atoms with Crippen LogP contribution in [0.3, 0.4) is 0 Å². The third kappa shape index (κ3) is 7.47. The van der Waals surface area contributed by atoms with Crippen LogP contribution in [0.5, 0.6) is 5.75 Å². The molecule has 4 atom stereocenters. The minimum Gasteiger partial charge on any atom is -0.497 e. The molecule has 0 bridgehead atoms. The lowest BCUT2D eigenvalue weighted by Gasteiger charge is -2.37. The molecular weight excluding hydrogens is 408 g/mol. The molecule has 0 fully saturated rings. The molecule has 2 rings (SSSR count). The molecule has 174 valence electrons. The fourth-order valence-electron chi connectivity index (χ4n) is 3.09. The molecule has 5 nitrogen and oxygen atoms in total. The highest BCUT2D eigenvalue weighted by Gasteiger charge is 2.38. The zero-order valence-corrected chi connectivity index (χ0v) is 21.4. The van der Waals surface area contributed by atoms with Gasteiger partial charge in [0.15, 0.2) is 8.32 Å². The van der Waals surface area contributed by atoms with Crippen molar-refractivity contribution < 1.29 is 23.4 Å². The fourth-order valence-corrected chi connectivity index (χ4v) is 4.20. The maximum absolute atomic E-state index is 12.6. The monoisotopic (exact) mass is 448 g/mol. The van der Waals surface area contributed by atoms with Crippen LogP contribution >= 0.6 is 0 Å². The van der Waals surface area contributed by atoms with Crippen LogP contribution in [0.1, 0.15) is 46.6 Å². The molecule has 0 N–H and O–H groups in total. The summed E-state index contributed by atoms with van der Waals surface area (Å²) in [7, 11) is -0.191. The zero-order chi connectivity index (χ0) is 23.2. The van der Waals surface area contributed by atoms with E-state index < -0.39 is 8.32 Å². The van der Waals surface area contributed by atoms with E-state index in [0.717, 1.165) is 11.3 Å². The Bertz CT molecular complexity index is 735. The van der Waals surface area contributed by atoms with Crippen molar-refractivity contribution in [2.75, 3.05) is 13.7 Å². The van der Waals surface area contributed by atoms with Crippen molar-refractivity contribution in [3.63, 3.8) is 0 Å². The molecule has 0 radical (unpaired) electrons. The number of esters is 1. The van der Waals surface area contributed by atoms with Gasteiger partial charge in [0, 0.05) is 18.4 Å². The van der Waals surface area contributed by atoms with E-state index in [9.17, 15) is 4.79 Å².